The molecule has 1 N–H and O–H groups in total. The number of hydrogen-bond donors (Lipinski definition) is 1. The molecule has 1 rings (SSSR count). The minimum atomic E-state index is -0.978. The van der Waals surface area contributed by atoms with Gasteiger partial charge < -0.3 is 5.11 Å². The molecule has 0 saturated heterocycles. The van der Waals surface area contributed by atoms with Crippen molar-refractivity contribution in [2.75, 3.05) is 0 Å². The summed E-state index contributed by atoms with van der Waals surface area (Å²) in [6.07, 6.45) is 0.658. The van der Waals surface area contributed by atoms with E-state index >= 15 is 0 Å². The molecule has 0 spiro atoms. The number of aliphatic hydroxyl groups is 1. The molecule has 0 aliphatic heterocycles. The largest absolute Gasteiger partial charge is 0.389 e. The number of rotatable bonds is 4. The zero-order valence-corrected chi connectivity index (χ0v) is 9.93. The molecule has 0 amide bonds. The van der Waals surface area contributed by atoms with Crippen LogP contribution >= 0.6 is 0 Å². The van der Waals surface area contributed by atoms with Crippen molar-refractivity contribution in [1.29, 1.82) is 0 Å². The summed E-state index contributed by atoms with van der Waals surface area (Å²) in [5.41, 5.74) is -0.743. The average molecular weight is 228 g/mol. The van der Waals surface area contributed by atoms with Gasteiger partial charge in [-0.3, -0.25) is 0 Å². The van der Waals surface area contributed by atoms with Gasteiger partial charge in [-0.1, -0.05) is 20.8 Å². The van der Waals surface area contributed by atoms with Gasteiger partial charge in [0.25, 0.3) is 0 Å². The highest BCUT2D eigenvalue weighted by molar-refractivity contribution is 5.20. The normalized spacial score (nSPS) is 15.2. The molecule has 1 aromatic rings. The van der Waals surface area contributed by atoms with Gasteiger partial charge in [0.2, 0.25) is 0 Å². The molecule has 0 aliphatic carbocycles. The Balaban J connectivity index is 2.98. The first-order chi connectivity index (χ1) is 7.39. The maximum Gasteiger partial charge on any atom is 0.126 e. The van der Waals surface area contributed by atoms with Crippen molar-refractivity contribution in [1.82, 2.24) is 0 Å². The van der Waals surface area contributed by atoms with E-state index in [1.165, 1.54) is 0 Å². The third kappa shape index (κ3) is 2.79. The summed E-state index contributed by atoms with van der Waals surface area (Å²) in [5.74, 6) is -0.937. The van der Waals surface area contributed by atoms with Crippen molar-refractivity contribution < 1.29 is 13.9 Å². The van der Waals surface area contributed by atoms with Crippen LogP contribution in [0, 0.1) is 17.6 Å². The van der Waals surface area contributed by atoms with Crippen LogP contribution < -0.4 is 0 Å². The smallest absolute Gasteiger partial charge is 0.126 e. The van der Waals surface area contributed by atoms with Gasteiger partial charge in [-0.2, -0.15) is 0 Å². The van der Waals surface area contributed by atoms with Gasteiger partial charge in [0.05, 0.1) is 5.60 Å². The van der Waals surface area contributed by atoms with E-state index < -0.39 is 17.2 Å². The molecule has 16 heavy (non-hydrogen) atoms. The molecule has 3 heteroatoms. The summed E-state index contributed by atoms with van der Waals surface area (Å²) in [7, 11) is 0. The van der Waals surface area contributed by atoms with E-state index in [2.05, 4.69) is 0 Å². The first-order valence-electron chi connectivity index (χ1n) is 5.55. The van der Waals surface area contributed by atoms with Gasteiger partial charge in [0, 0.05) is 6.42 Å². The lowest BCUT2D eigenvalue weighted by molar-refractivity contribution is -0.00900. The molecule has 0 aliphatic rings. The zero-order chi connectivity index (χ0) is 12.3. The molecule has 1 atom stereocenters. The van der Waals surface area contributed by atoms with Gasteiger partial charge in [-0.05, 0) is 36.1 Å². The van der Waals surface area contributed by atoms with Gasteiger partial charge in [-0.25, -0.2) is 8.78 Å². The van der Waals surface area contributed by atoms with Crippen LogP contribution in [0.2, 0.25) is 0 Å². The Morgan fingerprint density at radius 3 is 2.44 bits per heavy atom. The average Bonchev–Trinajstić information content (AvgIpc) is 2.23. The van der Waals surface area contributed by atoms with Crippen LogP contribution in [0.3, 0.4) is 0 Å². The molecule has 0 fully saturated rings. The quantitative estimate of drug-likeness (QED) is 0.838. The fourth-order valence-electron chi connectivity index (χ4n) is 1.75. The van der Waals surface area contributed by atoms with Crippen molar-refractivity contribution >= 4 is 0 Å². The summed E-state index contributed by atoms with van der Waals surface area (Å²) >= 11 is 0. The third-order valence-electron chi connectivity index (χ3n) is 3.19. The number of hydrogen-bond acceptors (Lipinski definition) is 1. The van der Waals surface area contributed by atoms with Crippen LogP contribution in [0.1, 0.15) is 32.8 Å². The van der Waals surface area contributed by atoms with Crippen LogP contribution in [0.25, 0.3) is 0 Å². The summed E-state index contributed by atoms with van der Waals surface area (Å²) in [4.78, 5) is 0. The van der Waals surface area contributed by atoms with Gasteiger partial charge in [0.1, 0.15) is 11.6 Å². The lowest BCUT2D eigenvalue weighted by Crippen LogP contribution is -2.37. The van der Waals surface area contributed by atoms with E-state index in [1.54, 1.807) is 0 Å². The van der Waals surface area contributed by atoms with E-state index in [0.29, 0.717) is 6.42 Å². The first kappa shape index (κ1) is 13.1. The fraction of sp³-hybridized carbons (Fsp3) is 0.538. The minimum Gasteiger partial charge on any atom is -0.389 e. The lowest BCUT2D eigenvalue weighted by Gasteiger charge is -2.31. The van der Waals surface area contributed by atoms with E-state index in [4.69, 9.17) is 0 Å². The Morgan fingerprint density at radius 1 is 1.31 bits per heavy atom. The molecule has 0 bridgehead atoms. The number of halogens is 2. The Hall–Kier alpha value is -0.960. The van der Waals surface area contributed by atoms with Crippen molar-refractivity contribution in [2.45, 2.75) is 39.2 Å². The molecule has 0 heterocycles. The monoisotopic (exact) mass is 228 g/mol. The van der Waals surface area contributed by atoms with Crippen molar-refractivity contribution in [3.8, 4) is 0 Å². The van der Waals surface area contributed by atoms with Gasteiger partial charge in [0.15, 0.2) is 0 Å². The fourth-order valence-corrected chi connectivity index (χ4v) is 1.75. The van der Waals surface area contributed by atoms with Crippen LogP contribution in [-0.2, 0) is 6.42 Å². The predicted octanol–water partition coefficient (Wildman–Crippen LogP) is 3.30. The predicted molar refractivity (Wildman–Crippen MR) is 60.1 cm³/mol. The molecular weight excluding hydrogens is 210 g/mol. The Labute approximate surface area is 95.1 Å². The van der Waals surface area contributed by atoms with Crippen molar-refractivity contribution in [2.24, 2.45) is 5.92 Å². The number of benzene rings is 1. The Kier molecular flexibility index (Phi) is 4.03. The standard InChI is InChI=1S/C13H18F2O/c1-4-13(16,9(2)3)8-10-7-11(14)5-6-12(10)15/h5-7,9,16H,4,8H2,1-3H3. The topological polar surface area (TPSA) is 20.2 Å². The van der Waals surface area contributed by atoms with E-state index in [0.717, 1.165) is 18.2 Å². The maximum atomic E-state index is 13.4. The summed E-state index contributed by atoms with van der Waals surface area (Å²) < 4.78 is 26.4. The summed E-state index contributed by atoms with van der Waals surface area (Å²) in [6.45, 7) is 5.60. The Morgan fingerprint density at radius 2 is 1.94 bits per heavy atom. The van der Waals surface area contributed by atoms with E-state index in [1.807, 2.05) is 20.8 Å². The van der Waals surface area contributed by atoms with Crippen molar-refractivity contribution in [3.05, 3.63) is 35.4 Å². The second kappa shape index (κ2) is 4.91. The molecule has 0 aromatic heterocycles. The highest BCUT2D eigenvalue weighted by atomic mass is 19.1. The first-order valence-corrected chi connectivity index (χ1v) is 5.55. The lowest BCUT2D eigenvalue weighted by atomic mass is 9.82. The highest BCUT2D eigenvalue weighted by Crippen LogP contribution is 2.27. The van der Waals surface area contributed by atoms with Crippen molar-refractivity contribution in [3.63, 3.8) is 0 Å². The third-order valence-corrected chi connectivity index (χ3v) is 3.19. The van der Waals surface area contributed by atoms with E-state index in [9.17, 15) is 13.9 Å². The van der Waals surface area contributed by atoms with Gasteiger partial charge in [-0.15, -0.1) is 0 Å². The van der Waals surface area contributed by atoms with Gasteiger partial charge >= 0.3 is 0 Å². The second-order valence-corrected chi connectivity index (χ2v) is 4.52. The summed E-state index contributed by atoms with van der Waals surface area (Å²) in [6, 6.07) is 3.33. The second-order valence-electron chi connectivity index (χ2n) is 4.52. The highest BCUT2D eigenvalue weighted by Gasteiger charge is 2.30. The van der Waals surface area contributed by atoms with Crippen LogP contribution in [0.4, 0.5) is 8.78 Å². The molecular formula is C13H18F2O. The SMILES string of the molecule is CCC(O)(Cc1cc(F)ccc1F)C(C)C. The Bertz CT molecular complexity index is 363. The molecule has 90 valence electrons. The van der Waals surface area contributed by atoms with Crippen LogP contribution in [0.5, 0.6) is 0 Å². The molecule has 0 radical (unpaired) electrons. The molecule has 1 aromatic carbocycles. The molecule has 0 saturated carbocycles. The summed E-state index contributed by atoms with van der Waals surface area (Å²) in [5, 5.41) is 10.3. The molecule has 1 unspecified atom stereocenters. The van der Waals surface area contributed by atoms with E-state index in [-0.39, 0.29) is 17.9 Å². The van der Waals surface area contributed by atoms with Crippen LogP contribution in [0.15, 0.2) is 18.2 Å². The maximum absolute atomic E-state index is 13.4. The molecule has 1 nitrogen and oxygen atoms in total. The minimum absolute atomic E-state index is 0.000155. The van der Waals surface area contributed by atoms with Crippen LogP contribution in [-0.4, -0.2) is 10.7 Å². The zero-order valence-electron chi connectivity index (χ0n) is 9.93.